The number of carbonyl (C=O) groups is 1. The first kappa shape index (κ1) is 9.74. The third-order valence-electron chi connectivity index (χ3n) is 2.07. The van der Waals surface area contributed by atoms with Crippen LogP contribution < -0.4 is 5.32 Å². The van der Waals surface area contributed by atoms with E-state index in [1.54, 1.807) is 18.2 Å². The molecule has 0 fully saturated rings. The SMILES string of the molecule is CN[C@H](C)c1cccc(C(=O)O)c1. The van der Waals surface area contributed by atoms with Crippen LogP contribution in [0.3, 0.4) is 0 Å². The maximum atomic E-state index is 10.6. The van der Waals surface area contributed by atoms with E-state index in [0.29, 0.717) is 5.56 Å². The van der Waals surface area contributed by atoms with Crippen molar-refractivity contribution in [3.05, 3.63) is 35.4 Å². The minimum atomic E-state index is -0.884. The molecule has 0 heterocycles. The Morgan fingerprint density at radius 1 is 1.54 bits per heavy atom. The highest BCUT2D eigenvalue weighted by Crippen LogP contribution is 2.13. The van der Waals surface area contributed by atoms with Crippen molar-refractivity contribution in [1.29, 1.82) is 0 Å². The van der Waals surface area contributed by atoms with Gasteiger partial charge in [0.1, 0.15) is 0 Å². The highest BCUT2D eigenvalue weighted by atomic mass is 16.4. The van der Waals surface area contributed by atoms with Crippen LogP contribution in [0.5, 0.6) is 0 Å². The summed E-state index contributed by atoms with van der Waals surface area (Å²) in [7, 11) is 1.85. The summed E-state index contributed by atoms with van der Waals surface area (Å²) >= 11 is 0. The number of carboxylic acid groups (broad SMARTS) is 1. The summed E-state index contributed by atoms with van der Waals surface area (Å²) in [6.07, 6.45) is 0. The monoisotopic (exact) mass is 179 g/mol. The highest BCUT2D eigenvalue weighted by Gasteiger charge is 2.06. The summed E-state index contributed by atoms with van der Waals surface area (Å²) in [5, 5.41) is 11.8. The number of hydrogen-bond donors (Lipinski definition) is 2. The normalized spacial score (nSPS) is 12.5. The second kappa shape index (κ2) is 4.05. The van der Waals surface area contributed by atoms with Gasteiger partial charge in [-0.15, -0.1) is 0 Å². The molecule has 3 nitrogen and oxygen atoms in total. The lowest BCUT2D eigenvalue weighted by molar-refractivity contribution is 0.0696. The first-order valence-electron chi connectivity index (χ1n) is 4.15. The van der Waals surface area contributed by atoms with Crippen LogP contribution >= 0.6 is 0 Å². The van der Waals surface area contributed by atoms with E-state index in [2.05, 4.69) is 5.32 Å². The Bertz CT molecular complexity index is 310. The van der Waals surface area contributed by atoms with Gasteiger partial charge in [-0.25, -0.2) is 4.79 Å². The van der Waals surface area contributed by atoms with Crippen molar-refractivity contribution in [1.82, 2.24) is 5.32 Å². The van der Waals surface area contributed by atoms with E-state index in [0.717, 1.165) is 5.56 Å². The molecule has 0 aliphatic rings. The van der Waals surface area contributed by atoms with Gasteiger partial charge in [-0.05, 0) is 31.7 Å². The van der Waals surface area contributed by atoms with Crippen molar-refractivity contribution >= 4 is 5.97 Å². The van der Waals surface area contributed by atoms with Crippen molar-refractivity contribution in [2.45, 2.75) is 13.0 Å². The van der Waals surface area contributed by atoms with Gasteiger partial charge in [0.15, 0.2) is 0 Å². The summed E-state index contributed by atoms with van der Waals surface area (Å²) in [6, 6.07) is 7.12. The fraction of sp³-hybridized carbons (Fsp3) is 0.300. The van der Waals surface area contributed by atoms with Gasteiger partial charge in [-0.2, -0.15) is 0 Å². The van der Waals surface area contributed by atoms with Crippen LogP contribution in [0.15, 0.2) is 24.3 Å². The van der Waals surface area contributed by atoms with Crippen LogP contribution in [0.25, 0.3) is 0 Å². The molecule has 1 aromatic rings. The molecular weight excluding hydrogens is 166 g/mol. The lowest BCUT2D eigenvalue weighted by atomic mass is 10.1. The summed E-state index contributed by atoms with van der Waals surface area (Å²) in [5.41, 5.74) is 1.32. The van der Waals surface area contributed by atoms with Crippen LogP contribution in [0, 0.1) is 0 Å². The van der Waals surface area contributed by atoms with Crippen molar-refractivity contribution in [3.63, 3.8) is 0 Å². The second-order valence-corrected chi connectivity index (χ2v) is 2.94. The predicted molar refractivity (Wildman–Crippen MR) is 50.9 cm³/mol. The Labute approximate surface area is 77.4 Å². The number of hydrogen-bond acceptors (Lipinski definition) is 2. The van der Waals surface area contributed by atoms with E-state index in [1.807, 2.05) is 20.0 Å². The molecule has 1 rings (SSSR count). The minimum Gasteiger partial charge on any atom is -0.478 e. The fourth-order valence-electron chi connectivity index (χ4n) is 1.11. The van der Waals surface area contributed by atoms with Gasteiger partial charge in [-0.3, -0.25) is 0 Å². The zero-order valence-electron chi connectivity index (χ0n) is 7.74. The molecule has 0 radical (unpaired) electrons. The first-order valence-corrected chi connectivity index (χ1v) is 4.15. The molecule has 0 bridgehead atoms. The maximum Gasteiger partial charge on any atom is 0.335 e. The van der Waals surface area contributed by atoms with Gasteiger partial charge in [0.2, 0.25) is 0 Å². The van der Waals surface area contributed by atoms with Crippen molar-refractivity contribution < 1.29 is 9.90 Å². The highest BCUT2D eigenvalue weighted by molar-refractivity contribution is 5.87. The molecule has 2 N–H and O–H groups in total. The molecule has 0 aliphatic carbocycles. The summed E-state index contributed by atoms with van der Waals surface area (Å²) in [5.74, 6) is -0.884. The Kier molecular flexibility index (Phi) is 3.03. The van der Waals surface area contributed by atoms with Crippen LogP contribution in [-0.4, -0.2) is 18.1 Å². The van der Waals surface area contributed by atoms with Gasteiger partial charge in [0.25, 0.3) is 0 Å². The summed E-state index contributed by atoms with van der Waals surface area (Å²) in [6.45, 7) is 1.99. The lowest BCUT2D eigenvalue weighted by Gasteiger charge is -2.10. The average Bonchev–Trinajstić information content (AvgIpc) is 2.17. The van der Waals surface area contributed by atoms with E-state index in [1.165, 1.54) is 0 Å². The van der Waals surface area contributed by atoms with E-state index in [-0.39, 0.29) is 6.04 Å². The fourth-order valence-corrected chi connectivity index (χ4v) is 1.11. The molecular formula is C10H13NO2. The van der Waals surface area contributed by atoms with Crippen molar-refractivity contribution in [2.24, 2.45) is 0 Å². The Balaban J connectivity index is 2.98. The second-order valence-electron chi connectivity index (χ2n) is 2.94. The van der Waals surface area contributed by atoms with Gasteiger partial charge in [0.05, 0.1) is 5.56 Å². The molecule has 0 aromatic heterocycles. The molecule has 13 heavy (non-hydrogen) atoms. The van der Waals surface area contributed by atoms with E-state index in [4.69, 9.17) is 5.11 Å². The molecule has 1 aromatic carbocycles. The third kappa shape index (κ3) is 2.29. The van der Waals surface area contributed by atoms with Crippen molar-refractivity contribution in [2.75, 3.05) is 7.05 Å². The molecule has 0 amide bonds. The molecule has 0 spiro atoms. The Morgan fingerprint density at radius 2 is 2.23 bits per heavy atom. The molecule has 0 saturated heterocycles. The number of rotatable bonds is 3. The number of carboxylic acids is 1. The summed E-state index contributed by atoms with van der Waals surface area (Å²) < 4.78 is 0. The predicted octanol–water partition coefficient (Wildman–Crippen LogP) is 1.67. The zero-order chi connectivity index (χ0) is 9.84. The van der Waals surface area contributed by atoms with Gasteiger partial charge < -0.3 is 10.4 Å². The van der Waals surface area contributed by atoms with Gasteiger partial charge in [-0.1, -0.05) is 12.1 Å². The van der Waals surface area contributed by atoms with Crippen molar-refractivity contribution in [3.8, 4) is 0 Å². The summed E-state index contributed by atoms with van der Waals surface area (Å²) in [4.78, 5) is 10.6. The largest absolute Gasteiger partial charge is 0.478 e. The zero-order valence-corrected chi connectivity index (χ0v) is 7.74. The van der Waals surface area contributed by atoms with Gasteiger partial charge in [0, 0.05) is 6.04 Å². The average molecular weight is 179 g/mol. The number of benzene rings is 1. The molecule has 70 valence electrons. The van der Waals surface area contributed by atoms with Gasteiger partial charge >= 0.3 is 5.97 Å². The Hall–Kier alpha value is -1.35. The molecule has 0 unspecified atom stereocenters. The quantitative estimate of drug-likeness (QED) is 0.742. The Morgan fingerprint density at radius 3 is 2.77 bits per heavy atom. The minimum absolute atomic E-state index is 0.180. The molecule has 1 atom stereocenters. The van der Waals surface area contributed by atoms with Crippen LogP contribution in [0.4, 0.5) is 0 Å². The lowest BCUT2D eigenvalue weighted by Crippen LogP contribution is -2.12. The van der Waals surface area contributed by atoms with E-state index >= 15 is 0 Å². The number of aromatic carboxylic acids is 1. The van der Waals surface area contributed by atoms with Crippen LogP contribution in [0.1, 0.15) is 28.9 Å². The maximum absolute atomic E-state index is 10.6. The molecule has 3 heteroatoms. The van der Waals surface area contributed by atoms with E-state index in [9.17, 15) is 4.79 Å². The third-order valence-corrected chi connectivity index (χ3v) is 2.07. The molecule has 0 saturated carbocycles. The standard InChI is InChI=1S/C10H13NO2/c1-7(11-2)8-4-3-5-9(6-8)10(12)13/h3-7,11H,1-2H3,(H,12,13)/t7-/m1/s1. The topological polar surface area (TPSA) is 49.3 Å². The molecule has 0 aliphatic heterocycles. The smallest absolute Gasteiger partial charge is 0.335 e. The first-order chi connectivity index (χ1) is 6.15. The number of nitrogens with one attached hydrogen (secondary N) is 1. The van der Waals surface area contributed by atoms with Crippen LogP contribution in [0.2, 0.25) is 0 Å². The van der Waals surface area contributed by atoms with Crippen LogP contribution in [-0.2, 0) is 0 Å². The van der Waals surface area contributed by atoms with E-state index < -0.39 is 5.97 Å².